The number of rotatable bonds is 7. The van der Waals surface area contributed by atoms with Gasteiger partial charge in [-0.1, -0.05) is 36.2 Å². The highest BCUT2D eigenvalue weighted by Gasteiger charge is 2.29. The van der Waals surface area contributed by atoms with Crippen molar-refractivity contribution in [2.45, 2.75) is 75.3 Å². The summed E-state index contributed by atoms with van der Waals surface area (Å²) in [6.07, 6.45) is 10.9. The minimum absolute atomic E-state index is 0.0446. The molecule has 2 aliphatic heterocycles. The van der Waals surface area contributed by atoms with E-state index in [0.29, 0.717) is 16.9 Å². The Hall–Kier alpha value is -2.15. The maximum Gasteiger partial charge on any atom is 0.240 e. The molecular weight excluding hydrogens is 444 g/mol. The van der Waals surface area contributed by atoms with Crippen LogP contribution in [-0.4, -0.2) is 32.4 Å². The molecular formula is C28H36N2O3S. The van der Waals surface area contributed by atoms with Gasteiger partial charge in [-0.2, -0.15) is 0 Å². The highest BCUT2D eigenvalue weighted by atomic mass is 32.2. The average Bonchev–Trinajstić information content (AvgIpc) is 3.32. The van der Waals surface area contributed by atoms with Crippen molar-refractivity contribution in [2.75, 3.05) is 13.1 Å². The topological polar surface area (TPSA) is 62.6 Å². The molecule has 1 atom stereocenters. The summed E-state index contributed by atoms with van der Waals surface area (Å²) < 4.78 is 34.3. The lowest BCUT2D eigenvalue weighted by Gasteiger charge is -2.37. The summed E-state index contributed by atoms with van der Waals surface area (Å²) in [5.74, 6) is 1.63. The number of benzene rings is 1. The normalized spacial score (nSPS) is 24.4. The third-order valence-electron chi connectivity index (χ3n) is 7.77. The van der Waals surface area contributed by atoms with E-state index in [4.69, 9.17) is 4.42 Å². The fourth-order valence-corrected chi connectivity index (χ4v) is 7.03. The first-order valence-electron chi connectivity index (χ1n) is 12.8. The van der Waals surface area contributed by atoms with E-state index in [0.717, 1.165) is 50.1 Å². The Morgan fingerprint density at radius 2 is 1.79 bits per heavy atom. The molecule has 4 aliphatic rings. The second kappa shape index (κ2) is 10.2. The van der Waals surface area contributed by atoms with E-state index >= 15 is 0 Å². The standard InChI is InChI=1S/C28H36N2O3S/c1-21-8-14-26(15-9-21)34(31,32)29-25-12-10-22(11-13-25)16-18-30-17-3-2-6-27(30)24-19-23-5-4-7-28(23)33-20-24/h4-5,7-9,14-15,19-20,22,25,27,29H,2-3,6,10-13,16-18H2,1H3/t22-,25-,27?. The first-order chi connectivity index (χ1) is 16.5. The average molecular weight is 481 g/mol. The lowest BCUT2D eigenvalue weighted by atomic mass is 9.84. The molecule has 1 N–H and O–H groups in total. The first-order valence-corrected chi connectivity index (χ1v) is 14.3. The van der Waals surface area contributed by atoms with Gasteiger partial charge in [0.15, 0.2) is 0 Å². The molecule has 2 fully saturated rings. The zero-order valence-electron chi connectivity index (χ0n) is 20.1. The summed E-state index contributed by atoms with van der Waals surface area (Å²) in [7, 11) is -3.44. The van der Waals surface area contributed by atoms with Crippen molar-refractivity contribution in [1.29, 1.82) is 0 Å². The first kappa shape index (κ1) is 23.6. The minimum atomic E-state index is -3.44. The molecule has 0 spiro atoms. The van der Waals surface area contributed by atoms with Crippen LogP contribution in [0, 0.1) is 12.8 Å². The van der Waals surface area contributed by atoms with Gasteiger partial charge >= 0.3 is 0 Å². The van der Waals surface area contributed by atoms with Crippen LogP contribution in [0.3, 0.4) is 0 Å². The Kier molecular flexibility index (Phi) is 7.09. The maximum absolute atomic E-state index is 12.7. The predicted octanol–water partition coefficient (Wildman–Crippen LogP) is 6.15. The molecule has 5 nitrogen and oxygen atoms in total. The molecule has 0 radical (unpaired) electrons. The Bertz CT molecular complexity index is 1150. The summed E-state index contributed by atoms with van der Waals surface area (Å²) >= 11 is 0. The van der Waals surface area contributed by atoms with Crippen LogP contribution in [0.5, 0.6) is 0 Å². The van der Waals surface area contributed by atoms with Gasteiger partial charge in [-0.3, -0.25) is 4.90 Å². The number of nitrogens with one attached hydrogen (secondary N) is 1. The van der Waals surface area contributed by atoms with Crippen LogP contribution in [0.25, 0.3) is 11.3 Å². The summed E-state index contributed by atoms with van der Waals surface area (Å²) in [5, 5.41) is 0. The number of aryl methyl sites for hydroxylation is 1. The van der Waals surface area contributed by atoms with E-state index in [2.05, 4.69) is 21.8 Å². The van der Waals surface area contributed by atoms with E-state index < -0.39 is 10.0 Å². The second-order valence-corrected chi connectivity index (χ2v) is 11.9. The lowest BCUT2D eigenvalue weighted by Crippen LogP contribution is -2.38. The largest absolute Gasteiger partial charge is 0.464 e. The fraction of sp³-hybridized carbons (Fsp3) is 0.500. The highest BCUT2D eigenvalue weighted by molar-refractivity contribution is 7.89. The van der Waals surface area contributed by atoms with Crippen molar-refractivity contribution in [3.63, 3.8) is 0 Å². The minimum Gasteiger partial charge on any atom is -0.464 e. The van der Waals surface area contributed by atoms with Gasteiger partial charge in [0.1, 0.15) is 5.76 Å². The molecule has 1 saturated carbocycles. The molecule has 1 aromatic rings. The third-order valence-corrected chi connectivity index (χ3v) is 9.31. The molecule has 2 heterocycles. The van der Waals surface area contributed by atoms with Crippen LogP contribution < -0.4 is 4.72 Å². The van der Waals surface area contributed by atoms with Gasteiger partial charge in [0, 0.05) is 23.2 Å². The van der Waals surface area contributed by atoms with Crippen molar-refractivity contribution < 1.29 is 12.8 Å². The van der Waals surface area contributed by atoms with Gasteiger partial charge in [0.05, 0.1) is 11.2 Å². The lowest BCUT2D eigenvalue weighted by molar-refractivity contribution is 0.131. The van der Waals surface area contributed by atoms with Crippen LogP contribution in [0.15, 0.2) is 64.1 Å². The quantitative estimate of drug-likeness (QED) is 0.441. The van der Waals surface area contributed by atoms with E-state index in [9.17, 15) is 8.42 Å². The van der Waals surface area contributed by atoms with Crippen molar-refractivity contribution in [1.82, 2.24) is 9.62 Å². The van der Waals surface area contributed by atoms with Crippen LogP contribution in [0.4, 0.5) is 0 Å². The van der Waals surface area contributed by atoms with Gasteiger partial charge < -0.3 is 4.42 Å². The molecule has 1 saturated heterocycles. The SMILES string of the molecule is Cc1ccc(S(=O)(=O)N[C@H]2CC[C@H](CCN3CCCCC3c3coc4cccc-4c3)CC2)cc1. The zero-order valence-corrected chi connectivity index (χ0v) is 20.9. The maximum atomic E-state index is 12.7. The smallest absolute Gasteiger partial charge is 0.240 e. The number of sulfonamides is 1. The van der Waals surface area contributed by atoms with Gasteiger partial charge in [0.2, 0.25) is 10.0 Å². The Balaban J connectivity index is 1.13. The number of hydrogen-bond acceptors (Lipinski definition) is 4. The van der Waals surface area contributed by atoms with E-state index in [1.807, 2.05) is 37.5 Å². The molecule has 6 heteroatoms. The number of piperidine rings is 1. The number of likely N-dealkylation sites (tertiary alicyclic amines) is 1. The van der Waals surface area contributed by atoms with Crippen molar-refractivity contribution in [3.8, 4) is 11.3 Å². The number of fused-ring (bicyclic) bond motifs is 1. The molecule has 0 amide bonds. The highest BCUT2D eigenvalue weighted by Crippen LogP contribution is 2.36. The van der Waals surface area contributed by atoms with Gasteiger partial charge in [-0.05, 0) is 95.1 Å². The molecule has 2 aliphatic carbocycles. The molecule has 1 unspecified atom stereocenters. The third kappa shape index (κ3) is 5.40. The number of nitrogens with zero attached hydrogens (tertiary/aromatic N) is 1. The molecule has 0 aromatic heterocycles. The zero-order chi connectivity index (χ0) is 23.5. The van der Waals surface area contributed by atoms with Gasteiger partial charge in [0.25, 0.3) is 0 Å². The van der Waals surface area contributed by atoms with E-state index in [1.54, 1.807) is 12.1 Å². The van der Waals surface area contributed by atoms with Crippen LogP contribution in [0.2, 0.25) is 0 Å². The number of hydrogen-bond donors (Lipinski definition) is 1. The fourth-order valence-electron chi connectivity index (χ4n) is 5.72. The van der Waals surface area contributed by atoms with Crippen molar-refractivity contribution >= 4 is 10.0 Å². The van der Waals surface area contributed by atoms with Crippen molar-refractivity contribution in [3.05, 3.63) is 65.9 Å². The molecule has 34 heavy (non-hydrogen) atoms. The molecule has 5 rings (SSSR count). The van der Waals surface area contributed by atoms with E-state index in [-0.39, 0.29) is 6.04 Å². The van der Waals surface area contributed by atoms with Crippen LogP contribution >= 0.6 is 0 Å². The van der Waals surface area contributed by atoms with Crippen molar-refractivity contribution in [2.24, 2.45) is 5.92 Å². The summed E-state index contributed by atoms with van der Waals surface area (Å²) in [6, 6.07) is 16.1. The van der Waals surface area contributed by atoms with Crippen LogP contribution in [0.1, 0.15) is 68.5 Å². The Morgan fingerprint density at radius 3 is 2.59 bits per heavy atom. The summed E-state index contributed by atoms with van der Waals surface area (Å²) in [5.41, 5.74) is 3.55. The molecule has 1 aromatic carbocycles. The second-order valence-electron chi connectivity index (χ2n) is 10.2. The monoisotopic (exact) mass is 480 g/mol. The summed E-state index contributed by atoms with van der Waals surface area (Å²) in [4.78, 5) is 3.01. The van der Waals surface area contributed by atoms with E-state index in [1.165, 1.54) is 36.8 Å². The van der Waals surface area contributed by atoms with Gasteiger partial charge in [-0.15, -0.1) is 0 Å². The summed E-state index contributed by atoms with van der Waals surface area (Å²) in [6.45, 7) is 4.22. The molecule has 0 bridgehead atoms. The Labute approximate surface area is 203 Å². The van der Waals surface area contributed by atoms with Gasteiger partial charge in [-0.25, -0.2) is 13.1 Å². The molecule has 182 valence electrons. The van der Waals surface area contributed by atoms with Crippen LogP contribution in [-0.2, 0) is 10.0 Å². The Morgan fingerprint density at radius 1 is 1.00 bits per heavy atom. The predicted molar refractivity (Wildman–Crippen MR) is 135 cm³/mol.